The molecule has 1 atom stereocenters. The van der Waals surface area contributed by atoms with E-state index in [4.69, 9.17) is 4.74 Å². The van der Waals surface area contributed by atoms with E-state index in [1.54, 1.807) is 11.3 Å². The van der Waals surface area contributed by atoms with Crippen molar-refractivity contribution in [2.24, 2.45) is 5.92 Å². The molecule has 3 nitrogen and oxygen atoms in total. The Hall–Kier alpha value is -0.870. The summed E-state index contributed by atoms with van der Waals surface area (Å²) >= 11 is 1.77. The highest BCUT2D eigenvalue weighted by Gasteiger charge is 2.22. The van der Waals surface area contributed by atoms with Crippen LogP contribution in [0.5, 0.6) is 0 Å². The van der Waals surface area contributed by atoms with E-state index < -0.39 is 0 Å². The minimum Gasteiger partial charge on any atom is -0.469 e. The predicted molar refractivity (Wildman–Crippen MR) is 71.4 cm³/mol. The van der Waals surface area contributed by atoms with Crippen LogP contribution in [0.3, 0.4) is 0 Å². The highest BCUT2D eigenvalue weighted by molar-refractivity contribution is 7.10. The number of ether oxygens (including phenoxy) is 1. The summed E-state index contributed by atoms with van der Waals surface area (Å²) in [7, 11) is 1.43. The number of hydrogen-bond acceptors (Lipinski definition) is 4. The van der Waals surface area contributed by atoms with E-state index in [2.05, 4.69) is 36.7 Å². The Morgan fingerprint density at radius 3 is 2.82 bits per heavy atom. The molecular formula is C13H21NO2S. The fourth-order valence-corrected chi connectivity index (χ4v) is 2.49. The molecule has 0 bridgehead atoms. The van der Waals surface area contributed by atoms with Crippen molar-refractivity contribution in [1.82, 2.24) is 5.32 Å². The second-order valence-corrected chi connectivity index (χ2v) is 5.86. The van der Waals surface area contributed by atoms with Gasteiger partial charge in [0.05, 0.1) is 13.0 Å². The van der Waals surface area contributed by atoms with Crippen LogP contribution in [0.4, 0.5) is 0 Å². The van der Waals surface area contributed by atoms with Crippen LogP contribution in [0.15, 0.2) is 17.5 Å². The van der Waals surface area contributed by atoms with Gasteiger partial charge in [0.2, 0.25) is 0 Å². The van der Waals surface area contributed by atoms with Crippen molar-refractivity contribution in [1.29, 1.82) is 0 Å². The third-order valence-corrected chi connectivity index (χ3v) is 4.05. The average Bonchev–Trinajstić information content (AvgIpc) is 2.81. The van der Waals surface area contributed by atoms with Crippen LogP contribution in [0.2, 0.25) is 0 Å². The summed E-state index contributed by atoms with van der Waals surface area (Å²) in [5, 5.41) is 5.43. The molecule has 0 aromatic carbocycles. The SMILES string of the molecule is COC(=O)C(C)CNCC(C)(C)c1cccs1. The number of thiophene rings is 1. The maximum absolute atomic E-state index is 11.2. The number of esters is 1. The van der Waals surface area contributed by atoms with Gasteiger partial charge in [-0.05, 0) is 11.4 Å². The maximum Gasteiger partial charge on any atom is 0.309 e. The van der Waals surface area contributed by atoms with Crippen LogP contribution in [0, 0.1) is 5.92 Å². The standard InChI is InChI=1S/C13H21NO2S/c1-10(12(15)16-4)8-14-9-13(2,3)11-6-5-7-17-11/h5-7,10,14H,8-9H2,1-4H3. The van der Waals surface area contributed by atoms with E-state index in [-0.39, 0.29) is 17.3 Å². The van der Waals surface area contributed by atoms with E-state index in [0.29, 0.717) is 6.54 Å². The summed E-state index contributed by atoms with van der Waals surface area (Å²) in [4.78, 5) is 12.6. The van der Waals surface area contributed by atoms with Crippen molar-refractivity contribution in [3.8, 4) is 0 Å². The molecule has 96 valence electrons. The first-order chi connectivity index (χ1) is 7.97. The van der Waals surface area contributed by atoms with Crippen LogP contribution < -0.4 is 5.32 Å². The Kier molecular flexibility index (Phi) is 5.15. The molecule has 0 aliphatic rings. The Morgan fingerprint density at radius 2 is 2.29 bits per heavy atom. The molecule has 1 aromatic rings. The number of carbonyl (C=O) groups excluding carboxylic acids is 1. The van der Waals surface area contributed by atoms with Gasteiger partial charge in [-0.2, -0.15) is 0 Å². The molecular weight excluding hydrogens is 234 g/mol. The molecule has 0 amide bonds. The third-order valence-electron chi connectivity index (χ3n) is 2.81. The zero-order chi connectivity index (χ0) is 12.9. The lowest BCUT2D eigenvalue weighted by atomic mass is 9.91. The van der Waals surface area contributed by atoms with E-state index in [0.717, 1.165) is 6.54 Å². The summed E-state index contributed by atoms with van der Waals surface area (Å²) in [5.41, 5.74) is 0.101. The van der Waals surface area contributed by atoms with Gasteiger partial charge < -0.3 is 10.1 Å². The smallest absolute Gasteiger partial charge is 0.309 e. The van der Waals surface area contributed by atoms with Crippen LogP contribution in [0.1, 0.15) is 25.6 Å². The second-order valence-electron chi connectivity index (χ2n) is 4.92. The summed E-state index contributed by atoms with van der Waals surface area (Å²) in [5.74, 6) is -0.259. The van der Waals surface area contributed by atoms with E-state index in [9.17, 15) is 4.79 Å². The van der Waals surface area contributed by atoms with Crippen molar-refractivity contribution in [3.05, 3.63) is 22.4 Å². The van der Waals surface area contributed by atoms with Crippen molar-refractivity contribution in [3.63, 3.8) is 0 Å². The Labute approximate surface area is 107 Å². The quantitative estimate of drug-likeness (QED) is 0.793. The highest BCUT2D eigenvalue weighted by atomic mass is 32.1. The van der Waals surface area contributed by atoms with E-state index in [1.165, 1.54) is 12.0 Å². The maximum atomic E-state index is 11.2. The van der Waals surface area contributed by atoms with Crippen molar-refractivity contribution in [2.75, 3.05) is 20.2 Å². The first-order valence-electron chi connectivity index (χ1n) is 5.80. The molecule has 1 heterocycles. The molecule has 0 fully saturated rings. The van der Waals surface area contributed by atoms with Gasteiger partial charge >= 0.3 is 5.97 Å². The Bertz CT molecular complexity index is 346. The van der Waals surface area contributed by atoms with Gasteiger partial charge in [-0.25, -0.2) is 0 Å². The average molecular weight is 255 g/mol. The van der Waals surface area contributed by atoms with Crippen LogP contribution in [-0.4, -0.2) is 26.2 Å². The lowest BCUT2D eigenvalue weighted by Crippen LogP contribution is -2.36. The summed E-state index contributed by atoms with van der Waals surface area (Å²) in [6.07, 6.45) is 0. The van der Waals surface area contributed by atoms with E-state index >= 15 is 0 Å². The molecule has 0 saturated heterocycles. The predicted octanol–water partition coefficient (Wildman–Crippen LogP) is 2.42. The van der Waals surface area contributed by atoms with Gasteiger partial charge in [0.15, 0.2) is 0 Å². The molecule has 0 aliphatic heterocycles. The van der Waals surface area contributed by atoms with Gasteiger partial charge in [-0.1, -0.05) is 26.8 Å². The Morgan fingerprint density at radius 1 is 1.59 bits per heavy atom. The van der Waals surface area contributed by atoms with Gasteiger partial charge in [0.25, 0.3) is 0 Å². The lowest BCUT2D eigenvalue weighted by Gasteiger charge is -2.24. The topological polar surface area (TPSA) is 38.3 Å². The molecule has 0 aliphatic carbocycles. The van der Waals surface area contributed by atoms with Crippen molar-refractivity contribution < 1.29 is 9.53 Å². The molecule has 1 N–H and O–H groups in total. The molecule has 1 rings (SSSR count). The van der Waals surface area contributed by atoms with Crippen LogP contribution in [0.25, 0.3) is 0 Å². The van der Waals surface area contributed by atoms with Gasteiger partial charge in [0, 0.05) is 23.4 Å². The normalized spacial score (nSPS) is 13.4. The first-order valence-corrected chi connectivity index (χ1v) is 6.68. The minimum atomic E-state index is -0.161. The van der Waals surface area contributed by atoms with Crippen LogP contribution in [-0.2, 0) is 14.9 Å². The zero-order valence-electron chi connectivity index (χ0n) is 10.9. The fourth-order valence-electron chi connectivity index (χ4n) is 1.64. The largest absolute Gasteiger partial charge is 0.469 e. The van der Waals surface area contributed by atoms with Gasteiger partial charge in [0.1, 0.15) is 0 Å². The third kappa shape index (κ3) is 4.13. The molecule has 1 aromatic heterocycles. The van der Waals surface area contributed by atoms with Gasteiger partial charge in [-0.3, -0.25) is 4.79 Å². The van der Waals surface area contributed by atoms with E-state index in [1.807, 2.05) is 6.92 Å². The number of hydrogen-bond donors (Lipinski definition) is 1. The van der Waals surface area contributed by atoms with Crippen molar-refractivity contribution in [2.45, 2.75) is 26.2 Å². The molecule has 4 heteroatoms. The highest BCUT2D eigenvalue weighted by Crippen LogP contribution is 2.26. The van der Waals surface area contributed by atoms with Crippen LogP contribution >= 0.6 is 11.3 Å². The molecule has 0 radical (unpaired) electrons. The number of methoxy groups -OCH3 is 1. The minimum absolute atomic E-state index is 0.0980. The number of nitrogens with one attached hydrogen (secondary N) is 1. The summed E-state index contributed by atoms with van der Waals surface area (Å²) < 4.78 is 4.69. The monoisotopic (exact) mass is 255 g/mol. The van der Waals surface area contributed by atoms with Gasteiger partial charge in [-0.15, -0.1) is 11.3 Å². The zero-order valence-corrected chi connectivity index (χ0v) is 11.8. The number of carbonyl (C=O) groups is 1. The second kappa shape index (κ2) is 6.17. The van der Waals surface area contributed by atoms with Crippen molar-refractivity contribution >= 4 is 17.3 Å². The summed E-state index contributed by atoms with van der Waals surface area (Å²) in [6, 6.07) is 4.22. The fraction of sp³-hybridized carbons (Fsp3) is 0.615. The molecule has 17 heavy (non-hydrogen) atoms. The molecule has 1 unspecified atom stereocenters. The first kappa shape index (κ1) is 14.2. The summed E-state index contributed by atoms with van der Waals surface area (Å²) in [6.45, 7) is 7.79. The Balaban J connectivity index is 2.38. The molecule has 0 saturated carbocycles. The molecule has 0 spiro atoms. The number of rotatable bonds is 6. The lowest BCUT2D eigenvalue weighted by molar-refractivity contribution is -0.144.